The van der Waals surface area contributed by atoms with E-state index in [0.717, 1.165) is 6.92 Å². The topological polar surface area (TPSA) is 102 Å². The molecule has 1 rings (SSSR count). The zero-order valence-corrected chi connectivity index (χ0v) is 9.15. The van der Waals surface area contributed by atoms with Gasteiger partial charge in [0, 0.05) is 6.20 Å². The lowest BCUT2D eigenvalue weighted by Crippen LogP contribution is -2.27. The molecule has 0 bridgehead atoms. The smallest absolute Gasteiger partial charge is 0.400 e. The first-order valence-corrected chi connectivity index (χ1v) is 5.58. The number of aromatic nitrogens is 1. The zero-order valence-electron chi connectivity index (χ0n) is 8.33. The molecule has 17 heavy (non-hydrogen) atoms. The van der Waals surface area contributed by atoms with Crippen molar-refractivity contribution in [1.29, 1.82) is 0 Å². The van der Waals surface area contributed by atoms with Gasteiger partial charge in [0.05, 0.1) is 5.69 Å². The average molecular weight is 272 g/mol. The standard InChI is InChI=1S/C7H7F3N2O4S/c1-3-6(16-7(8,9)10)5(13)4(2-12-3)17(11,14)15/h2H,1H3,(H,12,13)(H2,11,14,15). The summed E-state index contributed by atoms with van der Waals surface area (Å²) < 4.78 is 61.2. The molecule has 0 aliphatic rings. The molecular formula is C7H7F3N2O4S. The molecule has 0 unspecified atom stereocenters. The van der Waals surface area contributed by atoms with E-state index < -0.39 is 32.5 Å². The van der Waals surface area contributed by atoms with Gasteiger partial charge in [-0.3, -0.25) is 4.79 Å². The molecule has 1 aromatic rings. The van der Waals surface area contributed by atoms with Crippen LogP contribution in [0, 0.1) is 6.92 Å². The first-order chi connectivity index (χ1) is 7.52. The summed E-state index contributed by atoms with van der Waals surface area (Å²) >= 11 is 0. The van der Waals surface area contributed by atoms with Gasteiger partial charge in [-0.15, -0.1) is 13.2 Å². The van der Waals surface area contributed by atoms with Crippen LogP contribution in [0.3, 0.4) is 0 Å². The first kappa shape index (κ1) is 13.5. The number of rotatable bonds is 2. The van der Waals surface area contributed by atoms with Gasteiger partial charge in [-0.1, -0.05) is 0 Å². The van der Waals surface area contributed by atoms with Crippen molar-refractivity contribution in [2.24, 2.45) is 5.14 Å². The maximum Gasteiger partial charge on any atom is 0.573 e. The molecule has 3 N–H and O–H groups in total. The van der Waals surface area contributed by atoms with Crippen molar-refractivity contribution in [3.05, 3.63) is 22.1 Å². The molecule has 1 heterocycles. The minimum atomic E-state index is -5.10. The summed E-state index contributed by atoms with van der Waals surface area (Å²) in [7, 11) is -4.42. The number of alkyl halides is 3. The second kappa shape index (κ2) is 4.04. The third kappa shape index (κ3) is 3.20. The highest BCUT2D eigenvalue weighted by molar-refractivity contribution is 7.89. The molecule has 0 aliphatic heterocycles. The van der Waals surface area contributed by atoms with Gasteiger partial charge in [-0.05, 0) is 6.92 Å². The maximum absolute atomic E-state index is 12.0. The Balaban J connectivity index is 3.47. The van der Waals surface area contributed by atoms with Crippen LogP contribution in [0.25, 0.3) is 0 Å². The number of nitrogens with one attached hydrogen (secondary N) is 1. The SMILES string of the molecule is Cc1[nH]cc(S(N)(=O)=O)c(=O)c1OC(F)(F)F. The Labute approximate surface area is 93.3 Å². The molecule has 0 spiro atoms. The van der Waals surface area contributed by atoms with E-state index in [4.69, 9.17) is 0 Å². The number of halogens is 3. The van der Waals surface area contributed by atoms with Gasteiger partial charge < -0.3 is 9.72 Å². The fourth-order valence-electron chi connectivity index (χ4n) is 1.04. The number of sulfonamides is 1. The summed E-state index contributed by atoms with van der Waals surface area (Å²) in [4.78, 5) is 12.6. The zero-order chi connectivity index (χ0) is 13.4. The van der Waals surface area contributed by atoms with Crippen LogP contribution in [0.5, 0.6) is 5.75 Å². The molecule has 96 valence electrons. The Kier molecular flexibility index (Phi) is 3.21. The molecule has 0 fully saturated rings. The highest BCUT2D eigenvalue weighted by Crippen LogP contribution is 2.22. The lowest BCUT2D eigenvalue weighted by atomic mass is 10.3. The molecule has 0 aliphatic carbocycles. The van der Waals surface area contributed by atoms with E-state index in [1.54, 1.807) is 0 Å². The Bertz CT molecular complexity index is 590. The van der Waals surface area contributed by atoms with Crippen LogP contribution in [0.15, 0.2) is 15.9 Å². The molecule has 6 nitrogen and oxygen atoms in total. The summed E-state index contributed by atoms with van der Waals surface area (Å²) in [6.07, 6.45) is -4.40. The predicted octanol–water partition coefficient (Wildman–Crippen LogP) is 0.229. The fraction of sp³-hybridized carbons (Fsp3) is 0.286. The highest BCUT2D eigenvalue weighted by atomic mass is 32.2. The van der Waals surface area contributed by atoms with E-state index in [1.807, 2.05) is 0 Å². The normalized spacial score (nSPS) is 12.5. The number of ether oxygens (including phenoxy) is 1. The van der Waals surface area contributed by atoms with E-state index in [9.17, 15) is 26.4 Å². The molecule has 0 saturated carbocycles. The first-order valence-electron chi connectivity index (χ1n) is 4.03. The monoisotopic (exact) mass is 272 g/mol. The number of aromatic amines is 1. The highest BCUT2D eigenvalue weighted by Gasteiger charge is 2.34. The van der Waals surface area contributed by atoms with E-state index in [2.05, 4.69) is 14.9 Å². The molecule has 10 heteroatoms. The molecule has 0 atom stereocenters. The van der Waals surface area contributed by atoms with Gasteiger partial charge in [-0.25, -0.2) is 13.6 Å². The minimum absolute atomic E-state index is 0.264. The lowest BCUT2D eigenvalue weighted by molar-refractivity contribution is -0.275. The van der Waals surface area contributed by atoms with E-state index in [0.29, 0.717) is 6.20 Å². The Morgan fingerprint density at radius 2 is 1.94 bits per heavy atom. The van der Waals surface area contributed by atoms with Gasteiger partial charge in [0.25, 0.3) is 0 Å². The van der Waals surface area contributed by atoms with Crippen molar-refractivity contribution < 1.29 is 26.3 Å². The summed E-state index contributed by atoms with van der Waals surface area (Å²) in [6.45, 7) is 1.12. The number of nitrogens with two attached hydrogens (primary N) is 1. The van der Waals surface area contributed by atoms with Crippen molar-refractivity contribution in [2.45, 2.75) is 18.2 Å². The van der Waals surface area contributed by atoms with Gasteiger partial charge >= 0.3 is 6.36 Å². The molecule has 0 saturated heterocycles. The lowest BCUT2D eigenvalue weighted by Gasteiger charge is -2.11. The number of H-pyrrole nitrogens is 1. The summed E-state index contributed by atoms with van der Waals surface area (Å²) in [6, 6.07) is 0. The van der Waals surface area contributed by atoms with Gasteiger partial charge in [-0.2, -0.15) is 0 Å². The quantitative estimate of drug-likeness (QED) is 0.804. The maximum atomic E-state index is 12.0. The van der Waals surface area contributed by atoms with Crippen LogP contribution in [0.2, 0.25) is 0 Å². The number of hydrogen-bond acceptors (Lipinski definition) is 4. The Morgan fingerprint density at radius 1 is 1.41 bits per heavy atom. The predicted molar refractivity (Wildman–Crippen MR) is 49.9 cm³/mol. The Hall–Kier alpha value is -1.55. The second-order valence-electron chi connectivity index (χ2n) is 3.03. The van der Waals surface area contributed by atoms with Crippen molar-refractivity contribution >= 4 is 10.0 Å². The van der Waals surface area contributed by atoms with E-state index in [-0.39, 0.29) is 5.69 Å². The fourth-order valence-corrected chi connectivity index (χ4v) is 1.61. The van der Waals surface area contributed by atoms with Crippen molar-refractivity contribution in [3.8, 4) is 5.75 Å². The van der Waals surface area contributed by atoms with Crippen LogP contribution in [-0.4, -0.2) is 19.8 Å². The number of aryl methyl sites for hydroxylation is 1. The van der Waals surface area contributed by atoms with Crippen LogP contribution in [0.1, 0.15) is 5.69 Å². The molecule has 1 aromatic heterocycles. The summed E-state index contributed by atoms with van der Waals surface area (Å²) in [5.41, 5.74) is -1.71. The van der Waals surface area contributed by atoms with E-state index in [1.165, 1.54) is 0 Å². The average Bonchev–Trinajstić information content (AvgIpc) is 2.08. The number of primary sulfonamides is 1. The van der Waals surface area contributed by atoms with Crippen LogP contribution < -0.4 is 15.3 Å². The van der Waals surface area contributed by atoms with Gasteiger partial charge in [0.15, 0.2) is 5.75 Å². The van der Waals surface area contributed by atoms with Crippen molar-refractivity contribution in [3.63, 3.8) is 0 Å². The molecule has 0 amide bonds. The van der Waals surface area contributed by atoms with Gasteiger partial charge in [0.2, 0.25) is 15.5 Å². The third-order valence-electron chi connectivity index (χ3n) is 1.71. The third-order valence-corrected chi connectivity index (χ3v) is 2.63. The van der Waals surface area contributed by atoms with Crippen molar-refractivity contribution in [1.82, 2.24) is 4.98 Å². The number of hydrogen-bond donors (Lipinski definition) is 2. The minimum Gasteiger partial charge on any atom is -0.400 e. The van der Waals surface area contributed by atoms with E-state index >= 15 is 0 Å². The van der Waals surface area contributed by atoms with Crippen LogP contribution >= 0.6 is 0 Å². The molecular weight excluding hydrogens is 265 g/mol. The number of pyridine rings is 1. The van der Waals surface area contributed by atoms with Crippen LogP contribution in [-0.2, 0) is 10.0 Å². The van der Waals surface area contributed by atoms with Gasteiger partial charge in [0.1, 0.15) is 4.90 Å². The molecule has 0 aromatic carbocycles. The van der Waals surface area contributed by atoms with Crippen molar-refractivity contribution in [2.75, 3.05) is 0 Å². The van der Waals surface area contributed by atoms with Crippen LogP contribution in [0.4, 0.5) is 13.2 Å². The Morgan fingerprint density at radius 3 is 2.35 bits per heavy atom. The largest absolute Gasteiger partial charge is 0.573 e. The summed E-state index contributed by atoms with van der Waals surface area (Å²) in [5.74, 6) is -1.15. The summed E-state index contributed by atoms with van der Waals surface area (Å²) in [5, 5.41) is 4.66. The molecule has 0 radical (unpaired) electrons. The second-order valence-corrected chi connectivity index (χ2v) is 4.56.